The number of hydrogen-bond acceptors (Lipinski definition) is 3. The van der Waals surface area contributed by atoms with Crippen LogP contribution in [0, 0.1) is 0 Å². The van der Waals surface area contributed by atoms with Crippen LogP contribution in [0.15, 0.2) is 11.2 Å². The zero-order valence-electron chi connectivity index (χ0n) is 17.5. The second-order valence-corrected chi connectivity index (χ2v) is 7.18. The average Bonchev–Trinajstić information content (AvgIpc) is 2.90. The molecule has 144 valence electrons. The molecule has 0 saturated carbocycles. The van der Waals surface area contributed by atoms with Gasteiger partial charge in [-0.15, -0.1) is 0 Å². The first-order valence-electron chi connectivity index (χ1n) is 9.55. The van der Waals surface area contributed by atoms with Crippen molar-refractivity contribution in [2.45, 2.75) is 60.0 Å². The van der Waals surface area contributed by atoms with Crippen molar-refractivity contribution in [1.82, 2.24) is 24.9 Å². The Kier molecular flexibility index (Phi) is 8.97. The number of hydrogen-bond donors (Lipinski definition) is 1. The van der Waals surface area contributed by atoms with Crippen LogP contribution in [-0.4, -0.2) is 64.8 Å². The van der Waals surface area contributed by atoms with Crippen LogP contribution in [0.3, 0.4) is 0 Å². The molecule has 0 aliphatic rings. The summed E-state index contributed by atoms with van der Waals surface area (Å²) in [7, 11) is 4.08. The highest BCUT2D eigenvalue weighted by Gasteiger charge is 2.15. The van der Waals surface area contributed by atoms with Gasteiger partial charge in [-0.25, -0.2) is 0 Å². The first-order valence-corrected chi connectivity index (χ1v) is 9.55. The number of aromatic nitrogens is 2. The summed E-state index contributed by atoms with van der Waals surface area (Å²) in [5.74, 6) is 1.38. The van der Waals surface area contributed by atoms with E-state index in [-0.39, 0.29) is 0 Å². The third-order valence-electron chi connectivity index (χ3n) is 4.37. The lowest BCUT2D eigenvalue weighted by molar-refractivity contribution is 0.240. The maximum Gasteiger partial charge on any atom is 0.194 e. The van der Waals surface area contributed by atoms with Crippen molar-refractivity contribution < 1.29 is 0 Å². The quantitative estimate of drug-likeness (QED) is 0.549. The van der Waals surface area contributed by atoms with Crippen molar-refractivity contribution in [2.75, 3.05) is 33.2 Å². The third kappa shape index (κ3) is 6.69. The van der Waals surface area contributed by atoms with Gasteiger partial charge in [0.1, 0.15) is 0 Å². The Balaban J connectivity index is 2.79. The minimum absolute atomic E-state index is 0.424. The van der Waals surface area contributed by atoms with Gasteiger partial charge >= 0.3 is 0 Å². The number of nitrogens with zero attached hydrogens (tertiary/aromatic N) is 5. The summed E-state index contributed by atoms with van der Waals surface area (Å²) >= 11 is 0. The topological polar surface area (TPSA) is 48.7 Å². The van der Waals surface area contributed by atoms with Gasteiger partial charge in [0.2, 0.25) is 0 Å². The molecule has 6 heteroatoms. The molecule has 0 aliphatic carbocycles. The molecule has 0 radical (unpaired) electrons. The number of aryl methyl sites for hydroxylation is 1. The largest absolute Gasteiger partial charge is 0.357 e. The Morgan fingerprint density at radius 2 is 1.96 bits per heavy atom. The summed E-state index contributed by atoms with van der Waals surface area (Å²) in [6, 6.07) is 0.560. The summed E-state index contributed by atoms with van der Waals surface area (Å²) in [5.41, 5.74) is 2.44. The molecule has 0 aromatic carbocycles. The minimum atomic E-state index is 0.424. The average molecular weight is 351 g/mol. The number of aliphatic imine (C=N–C) groups is 1. The molecule has 1 aromatic heterocycles. The number of rotatable bonds is 9. The molecule has 1 N–H and O–H groups in total. The molecule has 1 rings (SSSR count). The van der Waals surface area contributed by atoms with E-state index in [1.807, 2.05) is 11.7 Å². The molecule has 0 atom stereocenters. The monoisotopic (exact) mass is 350 g/mol. The molecule has 0 unspecified atom stereocenters. The van der Waals surface area contributed by atoms with E-state index in [4.69, 9.17) is 4.99 Å². The molecule has 1 heterocycles. The lowest BCUT2D eigenvalue weighted by Gasteiger charge is -2.25. The molecule has 0 bridgehead atoms. The number of nitrogens with one attached hydrogen (secondary N) is 1. The fourth-order valence-corrected chi connectivity index (χ4v) is 3.03. The van der Waals surface area contributed by atoms with Crippen LogP contribution in [0.2, 0.25) is 0 Å². The lowest BCUT2D eigenvalue weighted by Crippen LogP contribution is -2.39. The third-order valence-corrected chi connectivity index (χ3v) is 4.37. The van der Waals surface area contributed by atoms with Crippen LogP contribution in [0.25, 0.3) is 0 Å². The molecule has 6 nitrogen and oxygen atoms in total. The SMILES string of the molecule is CCNC(=NCCN(CC)C(C)C)N(C)Cc1cn(C)nc1C(C)C. The van der Waals surface area contributed by atoms with Crippen molar-refractivity contribution in [3.8, 4) is 0 Å². The highest BCUT2D eigenvalue weighted by Crippen LogP contribution is 2.18. The fraction of sp³-hybridized carbons (Fsp3) is 0.789. The van der Waals surface area contributed by atoms with Gasteiger partial charge in [0.25, 0.3) is 0 Å². The second-order valence-electron chi connectivity index (χ2n) is 7.18. The smallest absolute Gasteiger partial charge is 0.194 e. The molecule has 0 amide bonds. The van der Waals surface area contributed by atoms with Gasteiger partial charge in [-0.2, -0.15) is 5.10 Å². The Morgan fingerprint density at radius 1 is 1.28 bits per heavy atom. The van der Waals surface area contributed by atoms with E-state index in [1.54, 1.807) is 0 Å². The molecule has 1 aromatic rings. The minimum Gasteiger partial charge on any atom is -0.357 e. The van der Waals surface area contributed by atoms with Crippen molar-refractivity contribution in [3.63, 3.8) is 0 Å². The molecule has 0 fully saturated rings. The lowest BCUT2D eigenvalue weighted by atomic mass is 10.1. The van der Waals surface area contributed by atoms with Gasteiger partial charge in [0, 0.05) is 51.5 Å². The molecule has 25 heavy (non-hydrogen) atoms. The Morgan fingerprint density at radius 3 is 2.48 bits per heavy atom. The molecule has 0 aliphatic heterocycles. The van der Waals surface area contributed by atoms with Crippen molar-refractivity contribution in [2.24, 2.45) is 12.0 Å². The van der Waals surface area contributed by atoms with Crippen LogP contribution < -0.4 is 5.32 Å². The number of likely N-dealkylation sites (N-methyl/N-ethyl adjacent to an activating group) is 1. The number of guanidine groups is 1. The van der Waals surface area contributed by atoms with E-state index in [0.717, 1.165) is 38.7 Å². The summed E-state index contributed by atoms with van der Waals surface area (Å²) < 4.78 is 1.91. The Hall–Kier alpha value is -1.56. The maximum absolute atomic E-state index is 4.82. The van der Waals surface area contributed by atoms with Gasteiger partial charge in [-0.3, -0.25) is 14.6 Å². The fourth-order valence-electron chi connectivity index (χ4n) is 3.03. The highest BCUT2D eigenvalue weighted by molar-refractivity contribution is 5.79. The zero-order chi connectivity index (χ0) is 19.0. The van der Waals surface area contributed by atoms with Gasteiger partial charge in [-0.05, 0) is 33.2 Å². The first-order chi connectivity index (χ1) is 11.8. The second kappa shape index (κ2) is 10.4. The zero-order valence-corrected chi connectivity index (χ0v) is 17.5. The summed E-state index contributed by atoms with van der Waals surface area (Å²) in [4.78, 5) is 9.45. The van der Waals surface area contributed by atoms with Crippen LogP contribution in [0.5, 0.6) is 0 Å². The maximum atomic E-state index is 4.82. The molecule has 0 saturated heterocycles. The van der Waals surface area contributed by atoms with Gasteiger partial charge in [0.05, 0.1) is 12.2 Å². The van der Waals surface area contributed by atoms with Crippen LogP contribution >= 0.6 is 0 Å². The summed E-state index contributed by atoms with van der Waals surface area (Å²) in [5, 5.41) is 8.02. The standard InChI is InChI=1S/C19H38N6/c1-9-20-19(21-11-12-25(10-2)16(5)6)23(7)13-17-14-24(8)22-18(17)15(3)4/h14-16H,9-13H2,1-8H3,(H,20,21). The first kappa shape index (κ1) is 21.5. The van der Waals surface area contributed by atoms with E-state index < -0.39 is 0 Å². The Bertz CT molecular complexity index is 532. The van der Waals surface area contributed by atoms with Crippen molar-refractivity contribution >= 4 is 5.96 Å². The predicted octanol–water partition coefficient (Wildman–Crippen LogP) is 2.67. The van der Waals surface area contributed by atoms with E-state index >= 15 is 0 Å². The molecule has 0 spiro atoms. The van der Waals surface area contributed by atoms with Gasteiger partial charge in [-0.1, -0.05) is 20.8 Å². The van der Waals surface area contributed by atoms with E-state index in [0.29, 0.717) is 12.0 Å². The van der Waals surface area contributed by atoms with Gasteiger partial charge in [0.15, 0.2) is 5.96 Å². The van der Waals surface area contributed by atoms with Crippen molar-refractivity contribution in [3.05, 3.63) is 17.5 Å². The van der Waals surface area contributed by atoms with E-state index in [9.17, 15) is 0 Å². The highest BCUT2D eigenvalue weighted by atomic mass is 15.3. The molecular weight excluding hydrogens is 312 g/mol. The van der Waals surface area contributed by atoms with E-state index in [2.05, 4.69) is 75.0 Å². The summed E-state index contributed by atoms with van der Waals surface area (Å²) in [6.45, 7) is 17.7. The van der Waals surface area contributed by atoms with Crippen LogP contribution in [0.4, 0.5) is 0 Å². The van der Waals surface area contributed by atoms with Gasteiger partial charge < -0.3 is 10.2 Å². The normalized spacial score (nSPS) is 12.5. The van der Waals surface area contributed by atoms with E-state index in [1.165, 1.54) is 11.3 Å². The predicted molar refractivity (Wildman–Crippen MR) is 107 cm³/mol. The van der Waals surface area contributed by atoms with Crippen LogP contribution in [-0.2, 0) is 13.6 Å². The van der Waals surface area contributed by atoms with Crippen LogP contribution in [0.1, 0.15) is 58.7 Å². The Labute approximate surface area is 154 Å². The summed E-state index contributed by atoms with van der Waals surface area (Å²) in [6.07, 6.45) is 2.12. The van der Waals surface area contributed by atoms with Crippen molar-refractivity contribution in [1.29, 1.82) is 0 Å². The molecular formula is C19H38N6.